The lowest BCUT2D eigenvalue weighted by atomic mass is 10.9. The molecule has 0 amide bonds. The molecule has 0 spiro atoms. The third-order valence-corrected chi connectivity index (χ3v) is 0. The lowest BCUT2D eigenvalue weighted by Gasteiger charge is -1.64. The summed E-state index contributed by atoms with van der Waals surface area (Å²) in [5, 5.41) is 7.79. The summed E-state index contributed by atoms with van der Waals surface area (Å²) in [6, 6.07) is 0. The van der Waals surface area contributed by atoms with Gasteiger partial charge in [-0.25, -0.2) is 0 Å². The number of hydrogen-bond acceptors (Lipinski definition) is 1. The summed E-state index contributed by atoms with van der Waals surface area (Å²) in [4.78, 5) is 0. The Bertz CT molecular complexity index is 43.0. The van der Waals surface area contributed by atoms with Crippen LogP contribution in [0.4, 0.5) is 0 Å². The van der Waals surface area contributed by atoms with Crippen molar-refractivity contribution in [3.63, 3.8) is 0 Å². The van der Waals surface area contributed by atoms with Crippen LogP contribution in [0.5, 0.6) is 0 Å². The van der Waals surface area contributed by atoms with Crippen LogP contribution in [0.2, 0.25) is 0 Å². The van der Waals surface area contributed by atoms with Crippen LogP contribution in [0.15, 0.2) is 0 Å². The van der Waals surface area contributed by atoms with E-state index in [4.69, 9.17) is 16.7 Å². The molecule has 0 aromatic heterocycles. The van der Waals surface area contributed by atoms with Crippen molar-refractivity contribution < 1.29 is 5.11 Å². The van der Waals surface area contributed by atoms with Gasteiger partial charge in [-0.15, -0.1) is 11.6 Å². The molecule has 0 atom stereocenters. The second-order valence-electron chi connectivity index (χ2n) is 0.786. The van der Waals surface area contributed by atoms with Crippen LogP contribution in [-0.4, -0.2) is 16.0 Å². The van der Waals surface area contributed by atoms with Gasteiger partial charge in [-0.05, 0) is 12.2 Å². The van der Waals surface area contributed by atoms with Crippen LogP contribution < -0.4 is 0 Å². The molecule has 0 saturated heterocycles. The highest BCUT2D eigenvalue weighted by Crippen LogP contribution is 1.59. The first kappa shape index (κ1) is 10.2. The van der Waals surface area contributed by atoms with E-state index in [1.807, 2.05) is 6.92 Å². The number of alkyl halides is 1. The fourth-order valence-corrected chi connectivity index (χ4v) is 0. The average molecular weight is 141 g/mol. The molecule has 0 aromatic rings. The van der Waals surface area contributed by atoms with Crippen molar-refractivity contribution >= 4 is 28.9 Å². The minimum Gasteiger partial charge on any atom is -0.502 e. The van der Waals surface area contributed by atoms with E-state index in [-0.39, 0.29) is 5.05 Å². The normalized spacial score (nSPS) is 6.14. The standard InChI is InChI=1S/C2H5Cl.C2H4OS/c1-2-3;1-2(3)4/h2H2,1H3;1H3,(H,3,4). The molecule has 44 valence electrons. The zero-order valence-corrected chi connectivity index (χ0v) is 6.01. The first-order chi connectivity index (χ1) is 3.15. The van der Waals surface area contributed by atoms with Gasteiger partial charge in [0.2, 0.25) is 0 Å². The quantitative estimate of drug-likeness (QED) is 0.411. The largest absolute Gasteiger partial charge is 0.502 e. The summed E-state index contributed by atoms with van der Waals surface area (Å²) in [5.41, 5.74) is 0. The summed E-state index contributed by atoms with van der Waals surface area (Å²) in [6.45, 7) is 3.34. The monoisotopic (exact) mass is 140 g/mol. The summed E-state index contributed by atoms with van der Waals surface area (Å²) >= 11 is 9.09. The van der Waals surface area contributed by atoms with Gasteiger partial charge in [0.15, 0.2) is 5.05 Å². The van der Waals surface area contributed by atoms with Gasteiger partial charge >= 0.3 is 0 Å². The summed E-state index contributed by atoms with van der Waals surface area (Å²) in [5.74, 6) is 0.722. The SMILES string of the molecule is CC(O)=S.CCCl. The predicted octanol–water partition coefficient (Wildman–Crippen LogP) is 2.14. The summed E-state index contributed by atoms with van der Waals surface area (Å²) < 4.78 is 0. The number of halogens is 1. The van der Waals surface area contributed by atoms with Gasteiger partial charge in [-0.1, -0.05) is 6.92 Å². The Hall–Kier alpha value is 0.180. The van der Waals surface area contributed by atoms with Crippen molar-refractivity contribution in [2.24, 2.45) is 0 Å². The molecule has 0 fully saturated rings. The molecule has 7 heavy (non-hydrogen) atoms. The van der Waals surface area contributed by atoms with Crippen LogP contribution in [-0.2, 0) is 0 Å². The van der Waals surface area contributed by atoms with E-state index in [1.165, 1.54) is 6.92 Å². The minimum atomic E-state index is 0.000000000000000222. The molecule has 0 radical (unpaired) electrons. The number of rotatable bonds is 0. The maximum Gasteiger partial charge on any atom is 0.153 e. The van der Waals surface area contributed by atoms with Gasteiger partial charge in [0, 0.05) is 12.8 Å². The summed E-state index contributed by atoms with van der Waals surface area (Å²) in [6.07, 6.45) is 0. The average Bonchev–Trinajstić information content (AvgIpc) is 1.33. The molecule has 0 aromatic carbocycles. The maximum absolute atomic E-state index is 7.79. The third-order valence-electron chi connectivity index (χ3n) is 0. The zero-order chi connectivity index (χ0) is 6.28. The molecule has 0 rings (SSSR count). The maximum atomic E-state index is 7.79. The molecule has 0 saturated carbocycles. The highest BCUT2D eigenvalue weighted by Gasteiger charge is 1.58. The van der Waals surface area contributed by atoms with E-state index in [1.54, 1.807) is 0 Å². The van der Waals surface area contributed by atoms with Crippen LogP contribution in [0.1, 0.15) is 13.8 Å². The van der Waals surface area contributed by atoms with Gasteiger partial charge in [-0.3, -0.25) is 0 Å². The van der Waals surface area contributed by atoms with Crippen molar-refractivity contribution in [1.82, 2.24) is 0 Å². The van der Waals surface area contributed by atoms with E-state index >= 15 is 0 Å². The Labute approximate surface area is 54.3 Å². The molecule has 0 aliphatic heterocycles. The minimum absolute atomic E-state index is 0.000000000000000222. The molecular formula is C4H9ClOS. The lowest BCUT2D eigenvalue weighted by Crippen LogP contribution is -1.72. The van der Waals surface area contributed by atoms with Crippen molar-refractivity contribution in [3.8, 4) is 0 Å². The molecule has 0 unspecified atom stereocenters. The Balaban J connectivity index is 0. The van der Waals surface area contributed by atoms with Gasteiger partial charge in [0.25, 0.3) is 0 Å². The highest BCUT2D eigenvalue weighted by atomic mass is 35.5. The topological polar surface area (TPSA) is 20.2 Å². The second kappa shape index (κ2) is 9.49. The smallest absolute Gasteiger partial charge is 0.153 e. The van der Waals surface area contributed by atoms with Gasteiger partial charge < -0.3 is 5.11 Å². The molecule has 1 N–H and O–H groups in total. The van der Waals surface area contributed by atoms with E-state index < -0.39 is 0 Å². The lowest BCUT2D eigenvalue weighted by molar-refractivity contribution is 0.565. The predicted molar refractivity (Wildman–Crippen MR) is 37.3 cm³/mol. The number of aliphatic hydroxyl groups excluding tert-OH is 1. The van der Waals surface area contributed by atoms with E-state index in [0.717, 1.165) is 5.88 Å². The molecule has 0 aliphatic rings. The second-order valence-corrected chi connectivity index (χ2v) is 1.91. The van der Waals surface area contributed by atoms with Crippen LogP contribution in [0.3, 0.4) is 0 Å². The molecule has 0 aliphatic carbocycles. The van der Waals surface area contributed by atoms with Crippen LogP contribution in [0.25, 0.3) is 0 Å². The van der Waals surface area contributed by atoms with Gasteiger partial charge in [0.1, 0.15) is 0 Å². The Morgan fingerprint density at radius 3 is 1.86 bits per heavy atom. The van der Waals surface area contributed by atoms with E-state index in [0.29, 0.717) is 0 Å². The molecule has 0 bridgehead atoms. The fourth-order valence-electron chi connectivity index (χ4n) is 0. The number of aliphatic hydroxyl groups is 1. The highest BCUT2D eigenvalue weighted by molar-refractivity contribution is 7.79. The third kappa shape index (κ3) is 3330. The van der Waals surface area contributed by atoms with Crippen molar-refractivity contribution in [2.75, 3.05) is 5.88 Å². The van der Waals surface area contributed by atoms with E-state index in [2.05, 4.69) is 12.2 Å². The van der Waals surface area contributed by atoms with Gasteiger partial charge in [0.05, 0.1) is 0 Å². The van der Waals surface area contributed by atoms with Crippen LogP contribution >= 0.6 is 23.8 Å². The zero-order valence-electron chi connectivity index (χ0n) is 4.44. The summed E-state index contributed by atoms with van der Waals surface area (Å²) in [7, 11) is 0. The Kier molecular flexibility index (Phi) is 13.9. The molecule has 1 nitrogen and oxygen atoms in total. The Morgan fingerprint density at radius 2 is 1.86 bits per heavy atom. The number of thiocarbonyl (C=S) groups is 1. The number of hydrogen-bond donors (Lipinski definition) is 1. The van der Waals surface area contributed by atoms with Crippen molar-refractivity contribution in [3.05, 3.63) is 0 Å². The van der Waals surface area contributed by atoms with Crippen molar-refractivity contribution in [1.29, 1.82) is 0 Å². The van der Waals surface area contributed by atoms with Crippen molar-refractivity contribution in [2.45, 2.75) is 13.8 Å². The molecule has 0 heterocycles. The first-order valence-electron chi connectivity index (χ1n) is 1.90. The Morgan fingerprint density at radius 1 is 1.86 bits per heavy atom. The fraction of sp³-hybridized carbons (Fsp3) is 0.750. The molecule has 3 heteroatoms. The molecular weight excluding hydrogens is 132 g/mol. The van der Waals surface area contributed by atoms with Gasteiger partial charge in [-0.2, -0.15) is 0 Å². The van der Waals surface area contributed by atoms with Crippen LogP contribution in [0, 0.1) is 0 Å². The first-order valence-corrected chi connectivity index (χ1v) is 2.84. The van der Waals surface area contributed by atoms with E-state index in [9.17, 15) is 0 Å².